The van der Waals surface area contributed by atoms with Crippen LogP contribution < -0.4 is 5.32 Å². The summed E-state index contributed by atoms with van der Waals surface area (Å²) in [6.07, 6.45) is 1.63. The predicted molar refractivity (Wildman–Crippen MR) is 118 cm³/mol. The molecule has 4 nitrogen and oxygen atoms in total. The minimum atomic E-state index is -0.199. The summed E-state index contributed by atoms with van der Waals surface area (Å²) in [4.78, 5) is 28.8. The molecule has 1 fully saturated rings. The van der Waals surface area contributed by atoms with E-state index in [1.807, 2.05) is 71.8 Å². The van der Waals surface area contributed by atoms with Crippen LogP contribution in [0.25, 0.3) is 10.4 Å². The van der Waals surface area contributed by atoms with E-state index in [2.05, 4.69) is 11.4 Å². The van der Waals surface area contributed by atoms with E-state index in [1.165, 1.54) is 0 Å². The molecule has 1 saturated heterocycles. The van der Waals surface area contributed by atoms with Crippen LogP contribution in [0, 0.1) is 12.8 Å². The zero-order valence-corrected chi connectivity index (χ0v) is 17.2. The molecule has 0 bridgehead atoms. The molecule has 4 rings (SSSR count). The monoisotopic (exact) mass is 404 g/mol. The Morgan fingerprint density at radius 3 is 2.59 bits per heavy atom. The molecule has 1 N–H and O–H groups in total. The van der Waals surface area contributed by atoms with Crippen molar-refractivity contribution in [3.63, 3.8) is 0 Å². The van der Waals surface area contributed by atoms with Gasteiger partial charge in [0.15, 0.2) is 0 Å². The van der Waals surface area contributed by atoms with Crippen molar-refractivity contribution in [1.29, 1.82) is 0 Å². The number of piperidine rings is 1. The van der Waals surface area contributed by atoms with Crippen LogP contribution in [0.5, 0.6) is 0 Å². The fourth-order valence-corrected chi connectivity index (χ4v) is 4.49. The molecule has 0 saturated carbocycles. The van der Waals surface area contributed by atoms with Crippen molar-refractivity contribution in [3.8, 4) is 10.4 Å². The number of aryl methyl sites for hydroxylation is 1. The highest BCUT2D eigenvalue weighted by molar-refractivity contribution is 7.13. The third-order valence-electron chi connectivity index (χ3n) is 5.35. The first kappa shape index (κ1) is 19.4. The van der Waals surface area contributed by atoms with Gasteiger partial charge in [-0.1, -0.05) is 42.0 Å². The lowest BCUT2D eigenvalue weighted by molar-refractivity contribution is -0.121. The summed E-state index contributed by atoms with van der Waals surface area (Å²) in [6, 6.07) is 19.5. The topological polar surface area (TPSA) is 49.4 Å². The number of nitrogens with one attached hydrogen (secondary N) is 1. The first-order chi connectivity index (χ1) is 14.1. The molecule has 0 radical (unpaired) electrons. The summed E-state index contributed by atoms with van der Waals surface area (Å²) in [6.45, 7) is 3.16. The molecule has 2 heterocycles. The van der Waals surface area contributed by atoms with Gasteiger partial charge >= 0.3 is 0 Å². The van der Waals surface area contributed by atoms with Crippen molar-refractivity contribution in [1.82, 2.24) is 4.90 Å². The third kappa shape index (κ3) is 4.40. The maximum absolute atomic E-state index is 13.0. The van der Waals surface area contributed by atoms with Gasteiger partial charge in [0.05, 0.1) is 5.92 Å². The number of rotatable bonds is 4. The first-order valence-corrected chi connectivity index (χ1v) is 10.8. The van der Waals surface area contributed by atoms with E-state index in [4.69, 9.17) is 0 Å². The van der Waals surface area contributed by atoms with Crippen LogP contribution in [0.1, 0.15) is 28.8 Å². The lowest BCUT2D eigenvalue weighted by Gasteiger charge is -2.32. The Labute approximate surface area is 175 Å². The number of amides is 2. The van der Waals surface area contributed by atoms with Crippen LogP contribution in [0.3, 0.4) is 0 Å². The van der Waals surface area contributed by atoms with Gasteiger partial charge < -0.3 is 10.2 Å². The van der Waals surface area contributed by atoms with Crippen molar-refractivity contribution < 1.29 is 9.59 Å². The second kappa shape index (κ2) is 8.62. The molecule has 1 aromatic heterocycles. The average molecular weight is 405 g/mol. The minimum absolute atomic E-state index is 0.00138. The Morgan fingerprint density at radius 1 is 1.03 bits per heavy atom. The largest absolute Gasteiger partial charge is 0.338 e. The summed E-state index contributed by atoms with van der Waals surface area (Å²) >= 11 is 1.65. The molecule has 3 aromatic rings. The maximum Gasteiger partial charge on any atom is 0.253 e. The summed E-state index contributed by atoms with van der Waals surface area (Å²) in [5.74, 6) is -0.216. The van der Waals surface area contributed by atoms with Gasteiger partial charge in [-0.05, 0) is 49.4 Å². The summed E-state index contributed by atoms with van der Waals surface area (Å²) in [5, 5.41) is 5.14. The molecule has 148 valence electrons. The van der Waals surface area contributed by atoms with Crippen molar-refractivity contribution in [2.75, 3.05) is 18.4 Å². The molecular weight excluding hydrogens is 380 g/mol. The minimum Gasteiger partial charge on any atom is -0.338 e. The van der Waals surface area contributed by atoms with E-state index < -0.39 is 0 Å². The van der Waals surface area contributed by atoms with E-state index in [9.17, 15) is 9.59 Å². The maximum atomic E-state index is 13.0. The first-order valence-electron chi connectivity index (χ1n) is 9.91. The van der Waals surface area contributed by atoms with Crippen LogP contribution in [-0.2, 0) is 4.79 Å². The van der Waals surface area contributed by atoms with Gasteiger partial charge in [-0.15, -0.1) is 11.3 Å². The molecule has 29 heavy (non-hydrogen) atoms. The average Bonchev–Trinajstić information content (AvgIpc) is 3.29. The Balaban J connectivity index is 1.46. The number of anilines is 1. The second-order valence-electron chi connectivity index (χ2n) is 7.47. The highest BCUT2D eigenvalue weighted by Gasteiger charge is 2.29. The summed E-state index contributed by atoms with van der Waals surface area (Å²) in [5.41, 5.74) is 3.66. The van der Waals surface area contributed by atoms with Crippen molar-refractivity contribution in [2.24, 2.45) is 5.92 Å². The lowest BCUT2D eigenvalue weighted by atomic mass is 9.96. The molecular formula is C24H24N2O2S. The Morgan fingerprint density at radius 2 is 1.83 bits per heavy atom. The molecule has 0 unspecified atom stereocenters. The molecule has 2 aromatic carbocycles. The molecule has 1 aliphatic rings. The van der Waals surface area contributed by atoms with Crippen LogP contribution in [-0.4, -0.2) is 29.8 Å². The van der Waals surface area contributed by atoms with E-state index in [0.717, 1.165) is 34.5 Å². The van der Waals surface area contributed by atoms with Gasteiger partial charge in [0, 0.05) is 34.8 Å². The van der Waals surface area contributed by atoms with E-state index >= 15 is 0 Å². The highest BCUT2D eigenvalue weighted by atomic mass is 32.1. The van der Waals surface area contributed by atoms with Gasteiger partial charge in [0.25, 0.3) is 5.91 Å². The smallest absolute Gasteiger partial charge is 0.253 e. The number of nitrogens with zero attached hydrogens (tertiary/aromatic N) is 1. The molecule has 1 atom stereocenters. The van der Waals surface area contributed by atoms with Gasteiger partial charge in [-0.2, -0.15) is 0 Å². The van der Waals surface area contributed by atoms with Crippen LogP contribution in [0.4, 0.5) is 5.69 Å². The fourth-order valence-electron chi connectivity index (χ4n) is 3.73. The SMILES string of the molecule is Cc1ccc(C(=O)N2CCC[C@H](C(=O)Nc3ccccc3-c3cccs3)C2)cc1. The number of hydrogen-bond donors (Lipinski definition) is 1. The number of likely N-dealkylation sites (tertiary alicyclic amines) is 1. The summed E-state index contributed by atoms with van der Waals surface area (Å²) < 4.78 is 0. The molecule has 2 amide bonds. The van der Waals surface area contributed by atoms with Gasteiger partial charge in [0.1, 0.15) is 0 Å². The van der Waals surface area contributed by atoms with Crippen LogP contribution >= 0.6 is 11.3 Å². The van der Waals surface area contributed by atoms with Crippen molar-refractivity contribution in [2.45, 2.75) is 19.8 Å². The van der Waals surface area contributed by atoms with E-state index in [-0.39, 0.29) is 17.7 Å². The number of carbonyl (C=O) groups is 2. The highest BCUT2D eigenvalue weighted by Crippen LogP contribution is 2.32. The van der Waals surface area contributed by atoms with E-state index in [1.54, 1.807) is 11.3 Å². The third-order valence-corrected chi connectivity index (χ3v) is 6.25. The van der Waals surface area contributed by atoms with Crippen LogP contribution in [0.15, 0.2) is 66.0 Å². The zero-order valence-electron chi connectivity index (χ0n) is 16.4. The number of carbonyl (C=O) groups excluding carboxylic acids is 2. The number of thiophene rings is 1. The summed E-state index contributed by atoms with van der Waals surface area (Å²) in [7, 11) is 0. The number of para-hydroxylation sites is 1. The zero-order chi connectivity index (χ0) is 20.2. The normalized spacial score (nSPS) is 16.4. The standard InChI is InChI=1S/C24H24N2O2S/c1-17-10-12-18(13-11-17)24(28)26-14-4-6-19(16-26)23(27)25-21-8-3-2-7-20(21)22-9-5-15-29-22/h2-3,5,7-13,15,19H,4,6,14,16H2,1H3,(H,25,27)/t19-/m0/s1. The van der Waals surface area contributed by atoms with Crippen molar-refractivity contribution >= 4 is 28.8 Å². The van der Waals surface area contributed by atoms with Gasteiger partial charge in [-0.25, -0.2) is 0 Å². The number of benzene rings is 2. The fraction of sp³-hybridized carbons (Fsp3) is 0.250. The molecule has 0 spiro atoms. The van der Waals surface area contributed by atoms with E-state index in [0.29, 0.717) is 18.7 Å². The Hall–Kier alpha value is -2.92. The molecule has 5 heteroatoms. The second-order valence-corrected chi connectivity index (χ2v) is 8.42. The van der Waals surface area contributed by atoms with Gasteiger partial charge in [-0.3, -0.25) is 9.59 Å². The quantitative estimate of drug-likeness (QED) is 0.649. The van der Waals surface area contributed by atoms with Crippen molar-refractivity contribution in [3.05, 3.63) is 77.2 Å². The lowest BCUT2D eigenvalue weighted by Crippen LogP contribution is -2.43. The molecule has 1 aliphatic heterocycles. The Kier molecular flexibility index (Phi) is 5.76. The Bertz CT molecular complexity index is 996. The molecule has 0 aliphatic carbocycles. The number of hydrogen-bond acceptors (Lipinski definition) is 3. The van der Waals surface area contributed by atoms with Gasteiger partial charge in [0.2, 0.25) is 5.91 Å². The van der Waals surface area contributed by atoms with Crippen LogP contribution in [0.2, 0.25) is 0 Å². The predicted octanol–water partition coefficient (Wildman–Crippen LogP) is 5.21.